The van der Waals surface area contributed by atoms with Crippen molar-refractivity contribution in [3.05, 3.63) is 78.9 Å². The molecule has 0 unspecified atom stereocenters. The Labute approximate surface area is 193 Å². The molecule has 8 nitrogen and oxygen atoms in total. The van der Waals surface area contributed by atoms with Gasteiger partial charge in [-0.3, -0.25) is 23.9 Å². The standard InChI is InChI=1S/C22H20Cl2N4O4/c23-16-6-3-5-15(19(16)24)21(31)27-12-10-26(11-13-27)18(29)8-9-28-17-7-2-1-4-14(17)20(30)25-22(28)32/h1-7H,8-13H2,(H,25,30,32). The molecule has 1 aliphatic rings. The van der Waals surface area contributed by atoms with Gasteiger partial charge in [-0.05, 0) is 24.3 Å². The molecule has 0 aliphatic carbocycles. The van der Waals surface area contributed by atoms with Gasteiger partial charge in [0.05, 0.1) is 26.5 Å². The summed E-state index contributed by atoms with van der Waals surface area (Å²) in [6.07, 6.45) is 0.101. The molecule has 0 radical (unpaired) electrons. The number of H-pyrrole nitrogens is 1. The molecule has 32 heavy (non-hydrogen) atoms. The molecule has 1 saturated heterocycles. The van der Waals surface area contributed by atoms with Gasteiger partial charge in [-0.25, -0.2) is 4.79 Å². The molecule has 0 spiro atoms. The van der Waals surface area contributed by atoms with Crippen LogP contribution in [-0.4, -0.2) is 57.3 Å². The second-order valence-corrected chi connectivity index (χ2v) is 8.24. The topological polar surface area (TPSA) is 95.5 Å². The van der Waals surface area contributed by atoms with E-state index < -0.39 is 11.2 Å². The van der Waals surface area contributed by atoms with E-state index in [4.69, 9.17) is 23.2 Å². The largest absolute Gasteiger partial charge is 0.339 e. The van der Waals surface area contributed by atoms with Gasteiger partial charge in [-0.1, -0.05) is 41.4 Å². The highest BCUT2D eigenvalue weighted by molar-refractivity contribution is 6.43. The number of halogens is 2. The van der Waals surface area contributed by atoms with Crippen molar-refractivity contribution in [3.8, 4) is 0 Å². The zero-order valence-electron chi connectivity index (χ0n) is 17.0. The summed E-state index contributed by atoms with van der Waals surface area (Å²) < 4.78 is 1.40. The number of aromatic nitrogens is 2. The van der Waals surface area contributed by atoms with Crippen molar-refractivity contribution in [1.82, 2.24) is 19.4 Å². The number of nitrogens with one attached hydrogen (secondary N) is 1. The van der Waals surface area contributed by atoms with Crippen molar-refractivity contribution in [2.75, 3.05) is 26.2 Å². The summed E-state index contributed by atoms with van der Waals surface area (Å²) in [4.78, 5) is 55.3. The summed E-state index contributed by atoms with van der Waals surface area (Å²) in [5.41, 5.74) is -0.171. The molecule has 1 fully saturated rings. The number of nitrogens with zero attached hydrogens (tertiary/aromatic N) is 3. The number of amides is 2. The molecule has 2 amide bonds. The summed E-state index contributed by atoms with van der Waals surface area (Å²) in [6, 6.07) is 11.7. The number of aryl methyl sites for hydroxylation is 1. The van der Waals surface area contributed by atoms with Gasteiger partial charge < -0.3 is 9.80 Å². The molecule has 1 aromatic heterocycles. The van der Waals surface area contributed by atoms with E-state index in [9.17, 15) is 19.2 Å². The monoisotopic (exact) mass is 474 g/mol. The maximum absolute atomic E-state index is 12.8. The summed E-state index contributed by atoms with van der Waals surface area (Å²) in [7, 11) is 0. The highest BCUT2D eigenvalue weighted by Gasteiger charge is 2.26. The smallest absolute Gasteiger partial charge is 0.328 e. The lowest BCUT2D eigenvalue weighted by atomic mass is 10.1. The van der Waals surface area contributed by atoms with Gasteiger partial charge in [0.1, 0.15) is 0 Å². The molecule has 0 saturated carbocycles. The van der Waals surface area contributed by atoms with Crippen LogP contribution in [-0.2, 0) is 11.3 Å². The molecular weight excluding hydrogens is 455 g/mol. The third-order valence-corrected chi connectivity index (χ3v) is 6.37. The number of benzene rings is 2. The Morgan fingerprint density at radius 2 is 1.59 bits per heavy atom. The van der Waals surface area contributed by atoms with E-state index >= 15 is 0 Å². The Morgan fingerprint density at radius 3 is 2.34 bits per heavy atom. The lowest BCUT2D eigenvalue weighted by Gasteiger charge is -2.35. The van der Waals surface area contributed by atoms with Gasteiger partial charge in [0, 0.05) is 39.1 Å². The minimum atomic E-state index is -0.546. The maximum atomic E-state index is 12.8. The SMILES string of the molecule is O=C(CCn1c(=O)[nH]c(=O)c2ccccc21)N1CCN(C(=O)c2cccc(Cl)c2Cl)CC1. The van der Waals surface area contributed by atoms with Crippen LogP contribution in [0, 0.1) is 0 Å². The van der Waals surface area contributed by atoms with Gasteiger partial charge in [-0.2, -0.15) is 0 Å². The van der Waals surface area contributed by atoms with Gasteiger partial charge in [0.25, 0.3) is 11.5 Å². The highest BCUT2D eigenvalue weighted by Crippen LogP contribution is 2.26. The second kappa shape index (κ2) is 9.18. The van der Waals surface area contributed by atoms with Crippen molar-refractivity contribution in [2.45, 2.75) is 13.0 Å². The molecule has 2 heterocycles. The van der Waals surface area contributed by atoms with Crippen LogP contribution in [0.5, 0.6) is 0 Å². The van der Waals surface area contributed by atoms with Crippen molar-refractivity contribution in [3.63, 3.8) is 0 Å². The van der Waals surface area contributed by atoms with Gasteiger partial charge in [-0.15, -0.1) is 0 Å². The van der Waals surface area contributed by atoms with E-state index in [0.717, 1.165) is 0 Å². The molecule has 1 N–H and O–H groups in total. The first-order chi connectivity index (χ1) is 15.4. The van der Waals surface area contributed by atoms with Gasteiger partial charge in [0.2, 0.25) is 5.91 Å². The highest BCUT2D eigenvalue weighted by atomic mass is 35.5. The number of carbonyl (C=O) groups is 2. The van der Waals surface area contributed by atoms with Crippen molar-refractivity contribution < 1.29 is 9.59 Å². The Hall–Kier alpha value is -3.10. The first-order valence-corrected chi connectivity index (χ1v) is 10.9. The third-order valence-electron chi connectivity index (χ3n) is 5.56. The molecule has 0 bridgehead atoms. The summed E-state index contributed by atoms with van der Waals surface area (Å²) in [5, 5.41) is 0.930. The number of para-hydroxylation sites is 1. The van der Waals surface area contributed by atoms with E-state index in [1.165, 1.54) is 4.57 Å². The molecule has 2 aromatic carbocycles. The predicted octanol–water partition coefficient (Wildman–Crippen LogP) is 2.37. The Morgan fingerprint density at radius 1 is 0.906 bits per heavy atom. The number of aromatic amines is 1. The number of rotatable bonds is 4. The average molecular weight is 475 g/mol. The van der Waals surface area contributed by atoms with Gasteiger partial charge in [0.15, 0.2) is 0 Å². The zero-order valence-corrected chi connectivity index (χ0v) is 18.5. The number of hydrogen-bond donors (Lipinski definition) is 1. The van der Waals surface area contributed by atoms with Crippen LogP contribution in [0.4, 0.5) is 0 Å². The fraction of sp³-hybridized carbons (Fsp3) is 0.273. The maximum Gasteiger partial charge on any atom is 0.328 e. The first-order valence-electron chi connectivity index (χ1n) is 10.1. The zero-order chi connectivity index (χ0) is 22.8. The van der Waals surface area contributed by atoms with Crippen molar-refractivity contribution in [2.24, 2.45) is 0 Å². The fourth-order valence-electron chi connectivity index (χ4n) is 3.83. The molecule has 166 valence electrons. The summed E-state index contributed by atoms with van der Waals surface area (Å²) >= 11 is 12.2. The minimum Gasteiger partial charge on any atom is -0.339 e. The first kappa shape index (κ1) is 22.1. The van der Waals surface area contributed by atoms with Gasteiger partial charge >= 0.3 is 5.69 Å². The van der Waals surface area contributed by atoms with Crippen LogP contribution in [0.15, 0.2) is 52.1 Å². The van der Waals surface area contributed by atoms with Crippen LogP contribution in [0.3, 0.4) is 0 Å². The lowest BCUT2D eigenvalue weighted by molar-refractivity contribution is -0.132. The summed E-state index contributed by atoms with van der Waals surface area (Å²) in [6.45, 7) is 1.64. The van der Waals surface area contributed by atoms with Crippen LogP contribution in [0.25, 0.3) is 10.9 Å². The average Bonchev–Trinajstić information content (AvgIpc) is 2.80. The van der Waals surface area contributed by atoms with Crippen LogP contribution >= 0.6 is 23.2 Å². The quantitative estimate of drug-likeness (QED) is 0.627. The number of piperazine rings is 1. The fourth-order valence-corrected chi connectivity index (χ4v) is 4.21. The lowest BCUT2D eigenvalue weighted by Crippen LogP contribution is -2.50. The third kappa shape index (κ3) is 4.28. The normalized spacial score (nSPS) is 14.1. The number of hydrogen-bond acceptors (Lipinski definition) is 4. The predicted molar refractivity (Wildman–Crippen MR) is 122 cm³/mol. The van der Waals surface area contributed by atoms with E-state index in [2.05, 4.69) is 4.98 Å². The van der Waals surface area contributed by atoms with E-state index in [1.807, 2.05) is 0 Å². The Balaban J connectivity index is 1.39. The Bertz CT molecular complexity index is 1310. The van der Waals surface area contributed by atoms with Crippen LogP contribution in [0.1, 0.15) is 16.8 Å². The van der Waals surface area contributed by atoms with E-state index in [0.29, 0.717) is 47.7 Å². The molecule has 0 atom stereocenters. The van der Waals surface area contributed by atoms with Crippen LogP contribution < -0.4 is 11.2 Å². The molecule has 10 heteroatoms. The second-order valence-electron chi connectivity index (χ2n) is 7.45. The van der Waals surface area contributed by atoms with Crippen molar-refractivity contribution >= 4 is 45.9 Å². The Kier molecular flexibility index (Phi) is 6.34. The van der Waals surface area contributed by atoms with Crippen LogP contribution in [0.2, 0.25) is 10.0 Å². The van der Waals surface area contributed by atoms with E-state index in [1.54, 1.807) is 52.3 Å². The molecule has 4 rings (SSSR count). The summed E-state index contributed by atoms with van der Waals surface area (Å²) in [5.74, 6) is -0.351. The van der Waals surface area contributed by atoms with Crippen molar-refractivity contribution in [1.29, 1.82) is 0 Å². The molecule has 3 aromatic rings. The van der Waals surface area contributed by atoms with E-state index in [-0.39, 0.29) is 29.8 Å². The number of carbonyl (C=O) groups excluding carboxylic acids is 2. The molecular formula is C22H20Cl2N4O4. The molecule has 1 aliphatic heterocycles. The minimum absolute atomic E-state index is 0.101. The number of fused-ring (bicyclic) bond motifs is 1.